The van der Waals surface area contributed by atoms with E-state index in [1.54, 1.807) is 42.5 Å². The molecule has 2 aromatic carbocycles. The number of nitrogens with zero attached hydrogens (tertiary/aromatic N) is 1. The summed E-state index contributed by atoms with van der Waals surface area (Å²) in [5.74, 6) is -2.25. The van der Waals surface area contributed by atoms with Crippen molar-refractivity contribution < 1.29 is 32.9 Å². The van der Waals surface area contributed by atoms with Gasteiger partial charge in [0.1, 0.15) is 35.1 Å². The van der Waals surface area contributed by atoms with Gasteiger partial charge in [-0.3, -0.25) is 18.7 Å². The molecule has 0 aliphatic carbocycles. The number of aliphatic carboxylic acids is 1. The Labute approximate surface area is 206 Å². The first-order chi connectivity index (χ1) is 17.3. The molecule has 0 saturated carbocycles. The minimum Gasteiger partial charge on any atom is -0.489 e. The number of amides is 2. The number of hydrogen-bond donors (Lipinski definition) is 2. The lowest BCUT2D eigenvalue weighted by Gasteiger charge is -2.49. The lowest BCUT2D eigenvalue weighted by molar-refractivity contribution is -0.151. The Bertz CT molecular complexity index is 1500. The van der Waals surface area contributed by atoms with Crippen molar-refractivity contribution in [3.63, 3.8) is 0 Å². The van der Waals surface area contributed by atoms with E-state index in [1.165, 1.54) is 12.1 Å². The number of nitrogens with one attached hydrogen (secondary N) is 1. The molecule has 1 saturated heterocycles. The van der Waals surface area contributed by atoms with Crippen LogP contribution in [0, 0.1) is 0 Å². The Morgan fingerprint density at radius 3 is 2.61 bits per heavy atom. The number of hydrogen-bond acceptors (Lipinski definition) is 7. The Kier molecular flexibility index (Phi) is 6.15. The van der Waals surface area contributed by atoms with Gasteiger partial charge in [0, 0.05) is 23.1 Å². The number of rotatable bonds is 7. The van der Waals surface area contributed by atoms with Crippen molar-refractivity contribution in [2.45, 2.75) is 17.8 Å². The van der Waals surface area contributed by atoms with Crippen LogP contribution in [0.4, 0.5) is 0 Å². The van der Waals surface area contributed by atoms with Crippen molar-refractivity contribution in [3.8, 4) is 5.75 Å². The molecule has 0 radical (unpaired) electrons. The number of carbonyl (C=O) groups excluding carboxylic acids is 2. The zero-order valence-corrected chi connectivity index (χ0v) is 19.5. The Balaban J connectivity index is 1.32. The molecule has 0 unspecified atom stereocenters. The average molecular weight is 509 g/mol. The van der Waals surface area contributed by atoms with Gasteiger partial charge in [0.25, 0.3) is 5.91 Å². The normalized spacial score (nSPS) is 21.1. The maximum atomic E-state index is 13.0. The molecule has 1 fully saturated rings. The molecule has 36 heavy (non-hydrogen) atoms. The zero-order chi connectivity index (χ0) is 25.4. The van der Waals surface area contributed by atoms with E-state index >= 15 is 0 Å². The molecule has 2 amide bonds. The SMILES string of the molecule is O=C(Cc1ccccc1)N[C@@H]1C(=O)N2C(C(=O)O)=C(COc3ccc4ccc(=O)oc4c3)C[S@](=O)[C@H]12. The predicted octanol–water partition coefficient (Wildman–Crippen LogP) is 1.17. The van der Waals surface area contributed by atoms with Crippen LogP contribution in [-0.4, -0.2) is 55.8 Å². The van der Waals surface area contributed by atoms with Crippen molar-refractivity contribution in [1.29, 1.82) is 0 Å². The number of carboxylic acids is 1. The van der Waals surface area contributed by atoms with Crippen LogP contribution in [0.2, 0.25) is 0 Å². The van der Waals surface area contributed by atoms with Gasteiger partial charge in [0.2, 0.25) is 5.91 Å². The van der Waals surface area contributed by atoms with Crippen LogP contribution in [0.5, 0.6) is 5.75 Å². The van der Waals surface area contributed by atoms with Gasteiger partial charge >= 0.3 is 11.6 Å². The van der Waals surface area contributed by atoms with E-state index in [-0.39, 0.29) is 30.1 Å². The fourth-order valence-electron chi connectivity index (χ4n) is 4.27. The molecule has 1 aromatic heterocycles. The molecule has 0 bridgehead atoms. The van der Waals surface area contributed by atoms with Gasteiger partial charge in [-0.1, -0.05) is 30.3 Å². The first-order valence-electron chi connectivity index (χ1n) is 11.0. The number of fused-ring (bicyclic) bond motifs is 2. The van der Waals surface area contributed by atoms with E-state index in [2.05, 4.69) is 5.32 Å². The highest BCUT2D eigenvalue weighted by Gasteiger charge is 2.57. The summed E-state index contributed by atoms with van der Waals surface area (Å²) in [6, 6.07) is 15.6. The summed E-state index contributed by atoms with van der Waals surface area (Å²) in [4.78, 5) is 49.8. The van der Waals surface area contributed by atoms with Crippen LogP contribution >= 0.6 is 0 Å². The smallest absolute Gasteiger partial charge is 0.352 e. The van der Waals surface area contributed by atoms with Crippen molar-refractivity contribution in [2.24, 2.45) is 0 Å². The van der Waals surface area contributed by atoms with Crippen LogP contribution in [0.3, 0.4) is 0 Å². The third-order valence-electron chi connectivity index (χ3n) is 5.94. The van der Waals surface area contributed by atoms with E-state index in [0.29, 0.717) is 16.7 Å². The molecule has 5 rings (SSSR count). The highest BCUT2D eigenvalue weighted by Crippen LogP contribution is 2.35. The third-order valence-corrected chi connectivity index (χ3v) is 7.59. The summed E-state index contributed by atoms with van der Waals surface area (Å²) in [7, 11) is -1.66. The van der Waals surface area contributed by atoms with Gasteiger partial charge in [0.05, 0.1) is 23.0 Å². The summed E-state index contributed by atoms with van der Waals surface area (Å²) >= 11 is 0. The Hall–Kier alpha value is -4.25. The van der Waals surface area contributed by atoms with Crippen molar-refractivity contribution in [1.82, 2.24) is 10.2 Å². The lowest BCUT2D eigenvalue weighted by atomic mass is 10.0. The molecule has 3 aromatic rings. The molecule has 3 heterocycles. The van der Waals surface area contributed by atoms with E-state index in [1.807, 2.05) is 6.07 Å². The topological polar surface area (TPSA) is 143 Å². The summed E-state index contributed by atoms with van der Waals surface area (Å²) in [6.07, 6.45) is 0.0383. The van der Waals surface area contributed by atoms with Gasteiger partial charge in [-0.15, -0.1) is 0 Å². The first kappa shape index (κ1) is 23.5. The molecule has 2 aliphatic heterocycles. The van der Waals surface area contributed by atoms with Gasteiger partial charge in [0.15, 0.2) is 0 Å². The molecule has 11 heteroatoms. The number of benzene rings is 2. The van der Waals surface area contributed by atoms with E-state index in [4.69, 9.17) is 9.15 Å². The Morgan fingerprint density at radius 1 is 1.11 bits per heavy atom. The van der Waals surface area contributed by atoms with Crippen molar-refractivity contribution in [2.75, 3.05) is 12.4 Å². The van der Waals surface area contributed by atoms with E-state index in [0.717, 1.165) is 10.5 Å². The first-order valence-corrected chi connectivity index (χ1v) is 12.4. The molecular formula is C25H20N2O8S. The second-order valence-electron chi connectivity index (χ2n) is 8.33. The molecule has 2 N–H and O–H groups in total. The average Bonchev–Trinajstić information content (AvgIpc) is 2.85. The van der Waals surface area contributed by atoms with E-state index < -0.39 is 45.6 Å². The Morgan fingerprint density at radius 2 is 1.86 bits per heavy atom. The molecule has 10 nitrogen and oxygen atoms in total. The quantitative estimate of drug-likeness (QED) is 0.358. The molecule has 184 valence electrons. The largest absolute Gasteiger partial charge is 0.489 e. The molecule has 2 aliphatic rings. The lowest BCUT2D eigenvalue weighted by Crippen LogP contribution is -2.73. The molecule has 3 atom stereocenters. The standard InChI is InChI=1S/C25H20N2O8S/c28-19(10-14-4-2-1-3-5-14)26-21-23(30)27-22(25(31)32)16(13-36(33)24(21)27)12-34-17-8-6-15-7-9-20(29)35-18(15)11-17/h1-9,11,21,24H,10,12-13H2,(H,26,28)(H,31,32)/t21-,24-,36+/m1/s1. The number of carboxylic acid groups (broad SMARTS) is 1. The summed E-state index contributed by atoms with van der Waals surface area (Å²) < 4.78 is 23.8. The fourth-order valence-corrected chi connectivity index (χ4v) is 5.94. The summed E-state index contributed by atoms with van der Waals surface area (Å²) in [6.45, 7) is -0.239. The van der Waals surface area contributed by atoms with Crippen molar-refractivity contribution >= 4 is 39.6 Å². The van der Waals surface area contributed by atoms with Gasteiger partial charge in [-0.05, 0) is 23.8 Å². The highest BCUT2D eigenvalue weighted by molar-refractivity contribution is 7.86. The number of carbonyl (C=O) groups is 3. The predicted molar refractivity (Wildman–Crippen MR) is 128 cm³/mol. The van der Waals surface area contributed by atoms with Crippen LogP contribution < -0.4 is 15.7 Å². The fraction of sp³-hybridized carbons (Fsp3) is 0.200. The van der Waals surface area contributed by atoms with Gasteiger partial charge in [-0.2, -0.15) is 0 Å². The monoisotopic (exact) mass is 508 g/mol. The molecule has 0 spiro atoms. The molecular weight excluding hydrogens is 488 g/mol. The van der Waals surface area contributed by atoms with E-state index in [9.17, 15) is 28.5 Å². The van der Waals surface area contributed by atoms with Crippen LogP contribution in [-0.2, 0) is 31.6 Å². The minimum atomic E-state index is -1.66. The van der Waals surface area contributed by atoms with Crippen LogP contribution in [0.1, 0.15) is 5.56 Å². The number of ether oxygens (including phenoxy) is 1. The van der Waals surface area contributed by atoms with Crippen LogP contribution in [0.15, 0.2) is 81.1 Å². The van der Waals surface area contributed by atoms with Crippen molar-refractivity contribution in [3.05, 3.63) is 87.9 Å². The van der Waals surface area contributed by atoms with Gasteiger partial charge < -0.3 is 19.6 Å². The highest BCUT2D eigenvalue weighted by atomic mass is 32.2. The van der Waals surface area contributed by atoms with Gasteiger partial charge in [-0.25, -0.2) is 9.59 Å². The summed E-state index contributed by atoms with van der Waals surface area (Å²) in [5, 5.41) is 12.1. The second kappa shape index (κ2) is 9.42. The zero-order valence-electron chi connectivity index (χ0n) is 18.7. The third kappa shape index (κ3) is 4.40. The second-order valence-corrected chi connectivity index (χ2v) is 9.86. The summed E-state index contributed by atoms with van der Waals surface area (Å²) in [5.41, 5.74) is 0.402. The maximum absolute atomic E-state index is 13.0. The minimum absolute atomic E-state index is 0.0383. The van der Waals surface area contributed by atoms with Crippen LogP contribution in [0.25, 0.3) is 11.0 Å². The maximum Gasteiger partial charge on any atom is 0.352 e. The number of β-lactam (4-membered cyclic amide) rings is 1.